The summed E-state index contributed by atoms with van der Waals surface area (Å²) in [5, 5.41) is 3.61. The summed E-state index contributed by atoms with van der Waals surface area (Å²) in [5.74, 6) is -0.328. The van der Waals surface area contributed by atoms with Crippen LogP contribution in [-0.2, 0) is 9.53 Å². The molecule has 0 spiro atoms. The SMILES string of the molecule is CNC(=O)[C@@H]1CN(C(=O)c2ccc3ncccc3c2)C[C@H]1COC. The number of benzene rings is 1. The highest BCUT2D eigenvalue weighted by Gasteiger charge is 2.39. The van der Waals surface area contributed by atoms with E-state index in [9.17, 15) is 9.59 Å². The number of carbonyl (C=O) groups excluding carboxylic acids is 2. The summed E-state index contributed by atoms with van der Waals surface area (Å²) in [4.78, 5) is 30.9. The van der Waals surface area contributed by atoms with Gasteiger partial charge >= 0.3 is 0 Å². The summed E-state index contributed by atoms with van der Waals surface area (Å²) in [6.45, 7) is 1.40. The molecule has 0 aliphatic carbocycles. The van der Waals surface area contributed by atoms with Crippen LogP contribution in [0.3, 0.4) is 0 Å². The minimum absolute atomic E-state index is 0.0148. The van der Waals surface area contributed by atoms with Crippen molar-refractivity contribution in [1.82, 2.24) is 15.2 Å². The number of carbonyl (C=O) groups is 2. The number of likely N-dealkylation sites (tertiary alicyclic amines) is 1. The molecule has 1 aromatic heterocycles. The first kappa shape index (κ1) is 16.4. The predicted octanol–water partition coefficient (Wildman–Crippen LogP) is 1.32. The molecule has 1 fully saturated rings. The summed E-state index contributed by atoms with van der Waals surface area (Å²) < 4.78 is 5.22. The van der Waals surface area contributed by atoms with Crippen molar-refractivity contribution in [3.05, 3.63) is 42.1 Å². The second-order valence-corrected chi connectivity index (χ2v) is 6.06. The molecule has 1 aliphatic rings. The summed E-state index contributed by atoms with van der Waals surface area (Å²) >= 11 is 0. The lowest BCUT2D eigenvalue weighted by Gasteiger charge is -2.16. The zero-order chi connectivity index (χ0) is 17.1. The Hall–Kier alpha value is -2.47. The number of rotatable bonds is 4. The van der Waals surface area contributed by atoms with Gasteiger partial charge in [0.1, 0.15) is 0 Å². The molecule has 0 bridgehead atoms. The molecule has 2 aromatic rings. The van der Waals surface area contributed by atoms with Crippen molar-refractivity contribution in [2.24, 2.45) is 11.8 Å². The Kier molecular flexibility index (Phi) is 4.76. The van der Waals surface area contributed by atoms with Gasteiger partial charge in [0, 0.05) is 50.3 Å². The van der Waals surface area contributed by atoms with Crippen LogP contribution in [-0.4, -0.2) is 55.6 Å². The van der Waals surface area contributed by atoms with Crippen molar-refractivity contribution in [2.75, 3.05) is 33.9 Å². The smallest absolute Gasteiger partial charge is 0.253 e. The summed E-state index contributed by atoms with van der Waals surface area (Å²) in [7, 11) is 3.23. The lowest BCUT2D eigenvalue weighted by atomic mass is 9.96. The van der Waals surface area contributed by atoms with Crippen molar-refractivity contribution >= 4 is 22.7 Å². The largest absolute Gasteiger partial charge is 0.384 e. The topological polar surface area (TPSA) is 71.5 Å². The van der Waals surface area contributed by atoms with Crippen LogP contribution in [0.15, 0.2) is 36.5 Å². The van der Waals surface area contributed by atoms with Crippen LogP contribution in [0, 0.1) is 11.8 Å². The van der Waals surface area contributed by atoms with Crippen LogP contribution in [0.25, 0.3) is 10.9 Å². The third kappa shape index (κ3) is 3.10. The van der Waals surface area contributed by atoms with Gasteiger partial charge in [0.25, 0.3) is 5.91 Å². The lowest BCUT2D eigenvalue weighted by Crippen LogP contribution is -2.34. The summed E-state index contributed by atoms with van der Waals surface area (Å²) in [6.07, 6.45) is 1.73. The number of hydrogen-bond acceptors (Lipinski definition) is 4. The number of methoxy groups -OCH3 is 1. The fourth-order valence-electron chi connectivity index (χ4n) is 3.29. The molecule has 0 unspecified atom stereocenters. The minimum atomic E-state index is -0.235. The molecule has 24 heavy (non-hydrogen) atoms. The molecule has 1 N–H and O–H groups in total. The Morgan fingerprint density at radius 2 is 2.17 bits per heavy atom. The van der Waals surface area contributed by atoms with Gasteiger partial charge < -0.3 is 15.0 Å². The third-order valence-electron chi connectivity index (χ3n) is 4.54. The number of nitrogens with one attached hydrogen (secondary N) is 1. The van der Waals surface area contributed by atoms with Crippen molar-refractivity contribution in [1.29, 1.82) is 0 Å². The first-order valence-corrected chi connectivity index (χ1v) is 7.98. The quantitative estimate of drug-likeness (QED) is 0.919. The van der Waals surface area contributed by atoms with Gasteiger partial charge in [-0.2, -0.15) is 0 Å². The van der Waals surface area contributed by atoms with Crippen LogP contribution in [0.2, 0.25) is 0 Å². The van der Waals surface area contributed by atoms with E-state index in [0.717, 1.165) is 10.9 Å². The van der Waals surface area contributed by atoms with E-state index in [1.54, 1.807) is 31.3 Å². The second-order valence-electron chi connectivity index (χ2n) is 6.06. The van der Waals surface area contributed by atoms with Gasteiger partial charge in [0.05, 0.1) is 18.0 Å². The average molecular weight is 327 g/mol. The van der Waals surface area contributed by atoms with Gasteiger partial charge in [-0.1, -0.05) is 6.07 Å². The van der Waals surface area contributed by atoms with E-state index >= 15 is 0 Å². The molecule has 6 nitrogen and oxygen atoms in total. The number of ether oxygens (including phenoxy) is 1. The number of aromatic nitrogens is 1. The summed E-state index contributed by atoms with van der Waals surface area (Å²) in [6, 6.07) is 9.27. The number of fused-ring (bicyclic) bond motifs is 1. The molecule has 0 saturated carbocycles. The Labute approximate surface area is 140 Å². The van der Waals surface area contributed by atoms with Crippen molar-refractivity contribution in [3.8, 4) is 0 Å². The van der Waals surface area contributed by atoms with Gasteiger partial charge in [-0.3, -0.25) is 14.6 Å². The molecule has 1 aliphatic heterocycles. The van der Waals surface area contributed by atoms with E-state index in [1.165, 1.54) is 0 Å². The van der Waals surface area contributed by atoms with Crippen LogP contribution < -0.4 is 5.32 Å². The van der Waals surface area contributed by atoms with Crippen LogP contribution in [0.5, 0.6) is 0 Å². The Morgan fingerprint density at radius 3 is 2.92 bits per heavy atom. The van der Waals surface area contributed by atoms with Crippen molar-refractivity contribution in [3.63, 3.8) is 0 Å². The molecule has 126 valence electrons. The van der Waals surface area contributed by atoms with Gasteiger partial charge in [0.2, 0.25) is 5.91 Å². The zero-order valence-electron chi connectivity index (χ0n) is 13.9. The van der Waals surface area contributed by atoms with E-state index < -0.39 is 0 Å². The number of hydrogen-bond donors (Lipinski definition) is 1. The van der Waals surface area contributed by atoms with Gasteiger partial charge in [0.15, 0.2) is 0 Å². The molecule has 2 amide bonds. The molecular weight excluding hydrogens is 306 g/mol. The van der Waals surface area contributed by atoms with Gasteiger partial charge in [-0.15, -0.1) is 0 Å². The van der Waals surface area contributed by atoms with Crippen LogP contribution >= 0.6 is 0 Å². The first-order chi connectivity index (χ1) is 11.6. The highest BCUT2D eigenvalue weighted by atomic mass is 16.5. The van der Waals surface area contributed by atoms with Crippen LogP contribution in [0.1, 0.15) is 10.4 Å². The van der Waals surface area contributed by atoms with Crippen LogP contribution in [0.4, 0.5) is 0 Å². The normalized spacial score (nSPS) is 20.3. The predicted molar refractivity (Wildman–Crippen MR) is 90.6 cm³/mol. The Bertz CT molecular complexity index is 762. The molecule has 2 heterocycles. The lowest BCUT2D eigenvalue weighted by molar-refractivity contribution is -0.125. The Balaban J connectivity index is 1.82. The molecule has 2 atom stereocenters. The van der Waals surface area contributed by atoms with E-state index in [-0.39, 0.29) is 23.7 Å². The molecule has 1 aromatic carbocycles. The molecule has 3 rings (SSSR count). The molecule has 0 radical (unpaired) electrons. The minimum Gasteiger partial charge on any atom is -0.384 e. The molecular formula is C18H21N3O3. The molecule has 1 saturated heterocycles. The van der Waals surface area contributed by atoms with Gasteiger partial charge in [-0.05, 0) is 24.3 Å². The fourth-order valence-corrected chi connectivity index (χ4v) is 3.29. The maximum absolute atomic E-state index is 12.8. The highest BCUT2D eigenvalue weighted by Crippen LogP contribution is 2.26. The average Bonchev–Trinajstić information content (AvgIpc) is 3.04. The van der Waals surface area contributed by atoms with E-state index in [4.69, 9.17) is 4.74 Å². The number of pyridine rings is 1. The second kappa shape index (κ2) is 6.97. The van der Waals surface area contributed by atoms with Crippen molar-refractivity contribution < 1.29 is 14.3 Å². The maximum Gasteiger partial charge on any atom is 0.253 e. The van der Waals surface area contributed by atoms with Gasteiger partial charge in [-0.25, -0.2) is 0 Å². The van der Waals surface area contributed by atoms with Crippen molar-refractivity contribution in [2.45, 2.75) is 0 Å². The maximum atomic E-state index is 12.8. The number of nitrogens with zero attached hydrogens (tertiary/aromatic N) is 2. The third-order valence-corrected chi connectivity index (χ3v) is 4.54. The van der Waals surface area contributed by atoms with E-state index in [2.05, 4.69) is 10.3 Å². The zero-order valence-corrected chi connectivity index (χ0v) is 13.9. The monoisotopic (exact) mass is 327 g/mol. The number of amides is 2. The van der Waals surface area contributed by atoms with E-state index in [0.29, 0.717) is 25.3 Å². The summed E-state index contributed by atoms with van der Waals surface area (Å²) in [5.41, 5.74) is 1.47. The highest BCUT2D eigenvalue weighted by molar-refractivity contribution is 5.98. The van der Waals surface area contributed by atoms with E-state index in [1.807, 2.05) is 24.3 Å². The standard InChI is InChI=1S/C18H21N3O3/c1-19-17(22)15-10-21(9-14(15)11-24-2)18(23)13-5-6-16-12(8-13)4-3-7-20-16/h3-8,14-15H,9-11H2,1-2H3,(H,19,22)/t14-,15+/m0/s1. The Morgan fingerprint density at radius 1 is 1.33 bits per heavy atom. The fraction of sp³-hybridized carbons (Fsp3) is 0.389. The molecule has 6 heteroatoms. The first-order valence-electron chi connectivity index (χ1n) is 7.98.